The smallest absolute Gasteiger partial charge is 0.181 e. The second-order valence-electron chi connectivity index (χ2n) is 1.78. The molecule has 1 unspecified atom stereocenters. The van der Waals surface area contributed by atoms with Gasteiger partial charge in [-0.25, -0.2) is 0 Å². The van der Waals surface area contributed by atoms with E-state index in [4.69, 9.17) is 0 Å². The van der Waals surface area contributed by atoms with Crippen molar-refractivity contribution in [3.63, 3.8) is 0 Å². The Kier molecular flexibility index (Phi) is 1.73. The van der Waals surface area contributed by atoms with Crippen molar-refractivity contribution in [2.45, 2.75) is 12.6 Å². The van der Waals surface area contributed by atoms with E-state index >= 15 is 0 Å². The molecule has 4 heteroatoms. The Bertz CT molecular complexity index is 128. The summed E-state index contributed by atoms with van der Waals surface area (Å²) >= 11 is 0. The third-order valence-corrected chi connectivity index (χ3v) is 1.75. The maximum Gasteiger partial charge on any atom is 0.181 e. The standard InChI is InChI=1S/C4H8N2OS/c1-8(7)3-2-4-5-6-4/h4H,2-3H2,1H3/i5+1,6+1. The van der Waals surface area contributed by atoms with Crippen molar-refractivity contribution in [2.75, 3.05) is 12.0 Å². The van der Waals surface area contributed by atoms with Crippen LogP contribution in [0.1, 0.15) is 6.42 Å². The first kappa shape index (κ1) is 5.88. The monoisotopic (exact) mass is 134 g/mol. The van der Waals surface area contributed by atoms with Crippen molar-refractivity contribution in [3.8, 4) is 0 Å². The predicted octanol–water partition coefficient (Wildman–Crippen LogP) is 0.547. The molecule has 0 aromatic rings. The van der Waals surface area contributed by atoms with Gasteiger partial charge in [-0.05, 0) is 0 Å². The van der Waals surface area contributed by atoms with Crippen LogP contribution < -0.4 is 0 Å². The minimum Gasteiger partial charge on any atom is -0.260 e. The molecule has 0 aromatic carbocycles. The van der Waals surface area contributed by atoms with E-state index in [0.29, 0.717) is 0 Å². The molecule has 0 aromatic heterocycles. The van der Waals surface area contributed by atoms with Crippen molar-refractivity contribution in [3.05, 3.63) is 0 Å². The van der Waals surface area contributed by atoms with Crippen LogP contribution in [0.2, 0.25) is 0 Å². The molecule has 0 spiro atoms. The van der Waals surface area contributed by atoms with Crippen LogP contribution in [-0.2, 0) is 10.8 Å². The van der Waals surface area contributed by atoms with Crippen molar-refractivity contribution in [2.24, 2.45) is 10.2 Å². The molecule has 0 saturated carbocycles. The van der Waals surface area contributed by atoms with E-state index in [2.05, 4.69) is 10.2 Å². The molecule has 1 aliphatic heterocycles. The van der Waals surface area contributed by atoms with Crippen molar-refractivity contribution >= 4 is 10.8 Å². The van der Waals surface area contributed by atoms with E-state index in [1.165, 1.54) is 0 Å². The lowest BCUT2D eigenvalue weighted by Gasteiger charge is -1.87. The molecular formula is C4H8N2OS. The highest BCUT2D eigenvalue weighted by Crippen LogP contribution is 2.13. The molecule has 1 aliphatic rings. The second-order valence-corrected chi connectivity index (χ2v) is 3.33. The van der Waals surface area contributed by atoms with Crippen molar-refractivity contribution in [1.29, 1.82) is 0 Å². The van der Waals surface area contributed by atoms with Crippen molar-refractivity contribution < 1.29 is 4.21 Å². The van der Waals surface area contributed by atoms with Crippen LogP contribution in [-0.4, -0.2) is 22.4 Å². The van der Waals surface area contributed by atoms with Gasteiger partial charge in [-0.15, -0.1) is 0 Å². The molecule has 1 rings (SSSR count). The zero-order valence-electron chi connectivity index (χ0n) is 4.70. The minimum absolute atomic E-state index is 0.193. The highest BCUT2D eigenvalue weighted by atomic mass is 32.2. The predicted molar refractivity (Wildman–Crippen MR) is 32.2 cm³/mol. The topological polar surface area (TPSA) is 41.8 Å². The molecule has 1 atom stereocenters. The summed E-state index contributed by atoms with van der Waals surface area (Å²) in [5.41, 5.74) is 0. The molecule has 0 saturated heterocycles. The molecule has 46 valence electrons. The van der Waals surface area contributed by atoms with Gasteiger partial charge < -0.3 is 0 Å². The Balaban J connectivity index is 1.96. The highest BCUT2D eigenvalue weighted by Gasteiger charge is 2.14. The van der Waals surface area contributed by atoms with Gasteiger partial charge in [0, 0.05) is 29.2 Å². The Morgan fingerprint density at radius 2 is 2.25 bits per heavy atom. The molecule has 0 N–H and O–H groups in total. The molecule has 0 fully saturated rings. The largest absolute Gasteiger partial charge is 0.260 e. The summed E-state index contributed by atoms with van der Waals surface area (Å²) in [7, 11) is -0.666. The third kappa shape index (κ3) is 2.16. The van der Waals surface area contributed by atoms with Gasteiger partial charge in [0.05, 0.1) is 0 Å². The van der Waals surface area contributed by atoms with Crippen LogP contribution >= 0.6 is 0 Å². The molecule has 0 aliphatic carbocycles. The minimum atomic E-state index is -0.666. The summed E-state index contributed by atoms with van der Waals surface area (Å²) in [5.74, 6) is 0.734. The van der Waals surface area contributed by atoms with Gasteiger partial charge in [0.2, 0.25) is 0 Å². The first-order chi connectivity index (χ1) is 3.79. The molecule has 8 heavy (non-hydrogen) atoms. The summed E-state index contributed by atoms with van der Waals surface area (Å²) in [4.78, 5) is 0. The lowest BCUT2D eigenvalue weighted by atomic mass is 10.5. The van der Waals surface area contributed by atoms with Crippen LogP contribution in [0.5, 0.6) is 0 Å². The van der Waals surface area contributed by atoms with E-state index in [1.807, 2.05) is 0 Å². The zero-order chi connectivity index (χ0) is 5.98. The summed E-state index contributed by atoms with van der Waals surface area (Å²) in [6.45, 7) is 0. The van der Waals surface area contributed by atoms with Crippen LogP contribution in [0.25, 0.3) is 0 Å². The maximum atomic E-state index is 10.4. The van der Waals surface area contributed by atoms with E-state index in [1.54, 1.807) is 6.26 Å². The fourth-order valence-corrected chi connectivity index (χ4v) is 0.977. The number of hydrogen-bond acceptors (Lipinski definition) is 3. The number of nitrogens with zero attached hydrogens (tertiary/aromatic N) is 2. The van der Waals surface area contributed by atoms with E-state index in [0.717, 1.165) is 12.2 Å². The molecule has 0 amide bonds. The second kappa shape index (κ2) is 2.35. The van der Waals surface area contributed by atoms with E-state index < -0.39 is 10.8 Å². The average molecular weight is 134 g/mol. The van der Waals surface area contributed by atoms with Gasteiger partial charge in [-0.3, -0.25) is 4.21 Å². The summed E-state index contributed by atoms with van der Waals surface area (Å²) < 4.78 is 10.4. The Morgan fingerprint density at radius 3 is 2.62 bits per heavy atom. The zero-order valence-corrected chi connectivity index (χ0v) is 5.52. The van der Waals surface area contributed by atoms with Gasteiger partial charge in [0.1, 0.15) is 0 Å². The number of hydrogen-bond donors (Lipinski definition) is 0. The van der Waals surface area contributed by atoms with E-state index in [9.17, 15) is 4.21 Å². The Hall–Kier alpha value is -0.250. The van der Waals surface area contributed by atoms with Gasteiger partial charge in [-0.1, -0.05) is 0 Å². The fraction of sp³-hybridized carbons (Fsp3) is 1.00. The summed E-state index contributed by atoms with van der Waals surface area (Å²) in [5, 5.41) is 7.33. The Labute approximate surface area is 50.6 Å². The van der Waals surface area contributed by atoms with Gasteiger partial charge >= 0.3 is 0 Å². The third-order valence-electron chi connectivity index (χ3n) is 0.942. The molecular weight excluding hydrogens is 126 g/mol. The number of rotatable bonds is 3. The van der Waals surface area contributed by atoms with Crippen LogP contribution in [0.3, 0.4) is 0 Å². The lowest BCUT2D eigenvalue weighted by molar-refractivity contribution is 0.683. The van der Waals surface area contributed by atoms with Crippen LogP contribution in [0.4, 0.5) is 0 Å². The molecule has 0 bridgehead atoms. The fourth-order valence-electron chi connectivity index (χ4n) is 0.434. The SMILES string of the molecule is CS(=O)CCC1[15N]=[15N]1. The van der Waals surface area contributed by atoms with Gasteiger partial charge in [0.25, 0.3) is 0 Å². The summed E-state index contributed by atoms with van der Waals surface area (Å²) in [6.07, 6.45) is 2.75. The van der Waals surface area contributed by atoms with Crippen LogP contribution in [0.15, 0.2) is 10.2 Å². The first-order valence-electron chi connectivity index (χ1n) is 2.49. The summed E-state index contributed by atoms with van der Waals surface area (Å²) in [6, 6.07) is 0. The normalized spacial score (nSPS) is 21.1. The molecule has 0 radical (unpaired) electrons. The average Bonchev–Trinajstić information content (AvgIpc) is 2.41. The van der Waals surface area contributed by atoms with Crippen molar-refractivity contribution in [1.82, 2.24) is 0 Å². The lowest BCUT2D eigenvalue weighted by Crippen LogP contribution is -1.97. The molecule has 1 heterocycles. The van der Waals surface area contributed by atoms with Gasteiger partial charge in [-0.2, -0.15) is 10.2 Å². The molecule has 3 nitrogen and oxygen atoms in total. The highest BCUT2D eigenvalue weighted by molar-refractivity contribution is 7.84. The Morgan fingerprint density at radius 1 is 1.62 bits per heavy atom. The van der Waals surface area contributed by atoms with Crippen LogP contribution in [0, 0.1) is 0 Å². The maximum absolute atomic E-state index is 10.4. The quantitative estimate of drug-likeness (QED) is 0.519. The van der Waals surface area contributed by atoms with E-state index in [-0.39, 0.29) is 6.17 Å². The first-order valence-corrected chi connectivity index (χ1v) is 4.22. The van der Waals surface area contributed by atoms with Gasteiger partial charge in [0.15, 0.2) is 6.17 Å².